The fourth-order valence-electron chi connectivity index (χ4n) is 2.99. The van der Waals surface area contributed by atoms with E-state index in [9.17, 15) is 4.79 Å². The number of rotatable bonds is 5. The molecule has 1 aliphatic heterocycles. The van der Waals surface area contributed by atoms with E-state index >= 15 is 0 Å². The molecular weight excluding hydrogens is 292 g/mol. The smallest absolute Gasteiger partial charge is 0.251 e. The summed E-state index contributed by atoms with van der Waals surface area (Å²) in [6.07, 6.45) is 3.86. The van der Waals surface area contributed by atoms with Crippen molar-refractivity contribution in [3.8, 4) is 11.4 Å². The van der Waals surface area contributed by atoms with Gasteiger partial charge in [0.15, 0.2) is 0 Å². The molecule has 6 nitrogen and oxygen atoms in total. The van der Waals surface area contributed by atoms with E-state index in [2.05, 4.69) is 27.3 Å². The summed E-state index contributed by atoms with van der Waals surface area (Å²) in [6.45, 7) is 6.15. The van der Waals surface area contributed by atoms with Gasteiger partial charge in [0, 0.05) is 30.8 Å². The fourth-order valence-corrected chi connectivity index (χ4v) is 2.99. The molecule has 2 heterocycles. The van der Waals surface area contributed by atoms with Crippen molar-refractivity contribution in [2.75, 3.05) is 26.2 Å². The van der Waals surface area contributed by atoms with Crippen LogP contribution in [0.4, 0.5) is 0 Å². The van der Waals surface area contributed by atoms with Gasteiger partial charge in [0.2, 0.25) is 12.2 Å². The summed E-state index contributed by atoms with van der Waals surface area (Å²) in [5, 5.41) is 6.76. The van der Waals surface area contributed by atoms with Crippen molar-refractivity contribution in [1.29, 1.82) is 0 Å². The number of nitrogens with one attached hydrogen (secondary N) is 1. The van der Waals surface area contributed by atoms with E-state index in [0.29, 0.717) is 17.9 Å². The van der Waals surface area contributed by atoms with Gasteiger partial charge in [0.25, 0.3) is 5.91 Å². The maximum atomic E-state index is 12.2. The summed E-state index contributed by atoms with van der Waals surface area (Å²) >= 11 is 0. The van der Waals surface area contributed by atoms with Crippen molar-refractivity contribution in [3.63, 3.8) is 0 Å². The maximum Gasteiger partial charge on any atom is 0.251 e. The Balaban J connectivity index is 1.48. The van der Waals surface area contributed by atoms with Crippen LogP contribution < -0.4 is 5.32 Å². The molecule has 0 aliphatic carbocycles. The lowest BCUT2D eigenvalue weighted by Crippen LogP contribution is -2.40. The zero-order valence-corrected chi connectivity index (χ0v) is 13.4. The van der Waals surface area contributed by atoms with Crippen molar-refractivity contribution in [1.82, 2.24) is 20.4 Å². The topological polar surface area (TPSA) is 71.3 Å². The molecule has 0 saturated carbocycles. The summed E-state index contributed by atoms with van der Waals surface area (Å²) < 4.78 is 4.72. The predicted molar refractivity (Wildman–Crippen MR) is 86.9 cm³/mol. The first-order valence-corrected chi connectivity index (χ1v) is 8.10. The monoisotopic (exact) mass is 314 g/mol. The number of aromatic nitrogens is 2. The molecule has 0 spiro atoms. The lowest BCUT2D eigenvalue weighted by molar-refractivity contribution is 0.0944. The Morgan fingerprint density at radius 3 is 2.91 bits per heavy atom. The molecule has 23 heavy (non-hydrogen) atoms. The summed E-state index contributed by atoms with van der Waals surface area (Å²) in [7, 11) is 0. The van der Waals surface area contributed by atoms with Gasteiger partial charge < -0.3 is 14.7 Å². The number of likely N-dealkylation sites (tertiary alicyclic amines) is 1. The molecule has 1 N–H and O–H groups in total. The molecule has 3 rings (SSSR count). The van der Waals surface area contributed by atoms with Gasteiger partial charge >= 0.3 is 0 Å². The Kier molecular flexibility index (Phi) is 5.02. The van der Waals surface area contributed by atoms with E-state index in [1.54, 1.807) is 12.1 Å². The van der Waals surface area contributed by atoms with Crippen molar-refractivity contribution in [2.45, 2.75) is 19.8 Å². The second-order valence-corrected chi connectivity index (χ2v) is 6.14. The largest absolute Gasteiger partial charge is 0.351 e. The van der Waals surface area contributed by atoms with Crippen LogP contribution in [-0.2, 0) is 0 Å². The first kappa shape index (κ1) is 15.7. The highest BCUT2D eigenvalue weighted by molar-refractivity contribution is 5.94. The molecule has 122 valence electrons. The summed E-state index contributed by atoms with van der Waals surface area (Å²) in [4.78, 5) is 18.6. The minimum absolute atomic E-state index is 0.0466. The minimum atomic E-state index is -0.0466. The lowest BCUT2D eigenvalue weighted by Gasteiger charge is -2.30. The molecule has 0 bridgehead atoms. The highest BCUT2D eigenvalue weighted by atomic mass is 16.5. The molecule has 1 unspecified atom stereocenters. The molecule has 1 atom stereocenters. The second-order valence-electron chi connectivity index (χ2n) is 6.14. The summed E-state index contributed by atoms with van der Waals surface area (Å²) in [5.41, 5.74) is 1.47. The standard InChI is InChI=1S/C17H22N4O2/c1-13-3-2-9-21(11-13)10-8-18-17(22)15-6-4-14(5-7-15)16-19-12-23-20-16/h4-7,12-13H,2-3,8-11H2,1H3,(H,18,22). The summed E-state index contributed by atoms with van der Waals surface area (Å²) in [5.74, 6) is 1.24. The Morgan fingerprint density at radius 2 is 2.22 bits per heavy atom. The molecule has 6 heteroatoms. The van der Waals surface area contributed by atoms with E-state index in [1.807, 2.05) is 12.1 Å². The Hall–Kier alpha value is -2.21. The third-order valence-electron chi connectivity index (χ3n) is 4.22. The molecule has 0 radical (unpaired) electrons. The fraction of sp³-hybridized carbons (Fsp3) is 0.471. The number of carbonyl (C=O) groups excluding carboxylic acids is 1. The number of nitrogens with zero attached hydrogens (tertiary/aromatic N) is 3. The molecule has 1 amide bonds. The number of hydrogen-bond donors (Lipinski definition) is 1. The quantitative estimate of drug-likeness (QED) is 0.916. The molecule has 1 fully saturated rings. The van der Waals surface area contributed by atoms with Gasteiger partial charge in [-0.25, -0.2) is 0 Å². The van der Waals surface area contributed by atoms with Crippen LogP contribution in [0.15, 0.2) is 35.2 Å². The average molecular weight is 314 g/mol. The highest BCUT2D eigenvalue weighted by Gasteiger charge is 2.16. The van der Waals surface area contributed by atoms with Gasteiger partial charge in [-0.2, -0.15) is 4.98 Å². The number of piperidine rings is 1. The minimum Gasteiger partial charge on any atom is -0.351 e. The Bertz CT molecular complexity index is 625. The van der Waals surface area contributed by atoms with Gasteiger partial charge in [0.05, 0.1) is 0 Å². The first-order valence-electron chi connectivity index (χ1n) is 8.10. The van der Waals surface area contributed by atoms with Crippen LogP contribution in [0.5, 0.6) is 0 Å². The normalized spacial score (nSPS) is 18.7. The number of carbonyl (C=O) groups is 1. The molecular formula is C17H22N4O2. The van der Waals surface area contributed by atoms with Crippen LogP contribution in [0.25, 0.3) is 11.4 Å². The molecule has 2 aromatic rings. The van der Waals surface area contributed by atoms with Crippen LogP contribution >= 0.6 is 0 Å². The Labute approximate surface area is 135 Å². The van der Waals surface area contributed by atoms with Crippen LogP contribution in [0.1, 0.15) is 30.1 Å². The van der Waals surface area contributed by atoms with E-state index in [1.165, 1.54) is 19.2 Å². The lowest BCUT2D eigenvalue weighted by atomic mass is 10.0. The maximum absolute atomic E-state index is 12.2. The molecule has 1 aromatic carbocycles. The zero-order valence-electron chi connectivity index (χ0n) is 13.4. The van der Waals surface area contributed by atoms with Gasteiger partial charge in [-0.15, -0.1) is 0 Å². The van der Waals surface area contributed by atoms with E-state index in [4.69, 9.17) is 4.52 Å². The number of amides is 1. The van der Waals surface area contributed by atoms with Crippen LogP contribution in [0.2, 0.25) is 0 Å². The highest BCUT2D eigenvalue weighted by Crippen LogP contribution is 2.16. The average Bonchev–Trinajstić information content (AvgIpc) is 3.09. The van der Waals surface area contributed by atoms with Gasteiger partial charge in [-0.3, -0.25) is 4.79 Å². The number of hydrogen-bond acceptors (Lipinski definition) is 5. The van der Waals surface area contributed by atoms with Crippen LogP contribution in [0.3, 0.4) is 0 Å². The van der Waals surface area contributed by atoms with Crippen molar-refractivity contribution in [3.05, 3.63) is 36.2 Å². The zero-order chi connectivity index (χ0) is 16.1. The van der Waals surface area contributed by atoms with Gasteiger partial charge in [-0.1, -0.05) is 24.2 Å². The van der Waals surface area contributed by atoms with Gasteiger partial charge in [0.1, 0.15) is 0 Å². The van der Waals surface area contributed by atoms with Crippen molar-refractivity contribution >= 4 is 5.91 Å². The molecule has 1 saturated heterocycles. The first-order chi connectivity index (χ1) is 11.2. The number of benzene rings is 1. The van der Waals surface area contributed by atoms with Crippen molar-refractivity contribution in [2.24, 2.45) is 5.92 Å². The molecule has 1 aliphatic rings. The summed E-state index contributed by atoms with van der Waals surface area (Å²) in [6, 6.07) is 7.21. The van der Waals surface area contributed by atoms with Gasteiger partial charge in [-0.05, 0) is 37.4 Å². The van der Waals surface area contributed by atoms with E-state index in [0.717, 1.165) is 31.1 Å². The third-order valence-corrected chi connectivity index (χ3v) is 4.22. The van der Waals surface area contributed by atoms with E-state index < -0.39 is 0 Å². The van der Waals surface area contributed by atoms with Crippen molar-refractivity contribution < 1.29 is 9.32 Å². The van der Waals surface area contributed by atoms with Crippen LogP contribution in [-0.4, -0.2) is 47.1 Å². The van der Waals surface area contributed by atoms with E-state index in [-0.39, 0.29) is 5.91 Å². The predicted octanol–water partition coefficient (Wildman–Crippen LogP) is 2.20. The Morgan fingerprint density at radius 1 is 1.39 bits per heavy atom. The third kappa shape index (κ3) is 4.16. The molecule has 1 aromatic heterocycles. The van der Waals surface area contributed by atoms with Crippen LogP contribution in [0, 0.1) is 5.92 Å². The second kappa shape index (κ2) is 7.37. The SMILES string of the molecule is CC1CCCN(CCNC(=O)c2ccc(-c3ncon3)cc2)C1.